The topological polar surface area (TPSA) is 96.8 Å². The second-order valence-corrected chi connectivity index (χ2v) is 7.46. The molecular weight excluding hydrogens is 351 g/mol. The minimum Gasteiger partial charge on any atom is -0.489 e. The van der Waals surface area contributed by atoms with E-state index in [1.165, 1.54) is 4.31 Å². The molecule has 1 atom stereocenters. The van der Waals surface area contributed by atoms with Crippen molar-refractivity contribution >= 4 is 16.0 Å². The maximum Gasteiger partial charge on any atom is 0.338 e. The van der Waals surface area contributed by atoms with Gasteiger partial charge in [-0.25, -0.2) is 17.6 Å². The molecule has 1 N–H and O–H groups in total. The first-order valence-corrected chi connectivity index (χ1v) is 8.91. The molecule has 9 heteroatoms. The molecular formula is C16H15FN2O5S. The molecule has 0 spiro atoms. The van der Waals surface area contributed by atoms with Crippen LogP contribution < -0.4 is 4.74 Å². The number of aromatic carboxylic acids is 1. The van der Waals surface area contributed by atoms with Crippen LogP contribution in [0.25, 0.3) is 0 Å². The molecule has 1 aliphatic rings. The lowest BCUT2D eigenvalue weighted by Gasteiger charge is -2.17. The van der Waals surface area contributed by atoms with Crippen molar-refractivity contribution in [3.05, 3.63) is 54.1 Å². The number of pyridine rings is 1. The van der Waals surface area contributed by atoms with Crippen molar-refractivity contribution in [3.8, 4) is 5.75 Å². The summed E-state index contributed by atoms with van der Waals surface area (Å²) in [5.74, 6) is -1.91. The number of hydrogen-bond acceptors (Lipinski definition) is 5. The molecule has 25 heavy (non-hydrogen) atoms. The number of hydrogen-bond donors (Lipinski definition) is 1. The molecule has 0 aliphatic carbocycles. The monoisotopic (exact) mass is 366 g/mol. The SMILES string of the molecule is O=C(O)c1cc(S(=O)(=O)N2CC[C@@H](Oc3ccncc3)C2)ccc1F. The van der Waals surface area contributed by atoms with Gasteiger partial charge in [0.2, 0.25) is 10.0 Å². The highest BCUT2D eigenvalue weighted by atomic mass is 32.2. The minimum atomic E-state index is -3.93. The van der Waals surface area contributed by atoms with Crippen LogP contribution in [0.5, 0.6) is 5.75 Å². The zero-order valence-corrected chi connectivity index (χ0v) is 13.8. The quantitative estimate of drug-likeness (QED) is 0.866. The summed E-state index contributed by atoms with van der Waals surface area (Å²) >= 11 is 0. The van der Waals surface area contributed by atoms with E-state index in [9.17, 15) is 17.6 Å². The average molecular weight is 366 g/mol. The van der Waals surface area contributed by atoms with Gasteiger partial charge in [-0.2, -0.15) is 4.31 Å². The third kappa shape index (κ3) is 3.62. The summed E-state index contributed by atoms with van der Waals surface area (Å²) in [6.45, 7) is 0.363. The Morgan fingerprint density at radius 3 is 2.68 bits per heavy atom. The number of carboxylic acid groups (broad SMARTS) is 1. The van der Waals surface area contributed by atoms with E-state index in [2.05, 4.69) is 4.98 Å². The summed E-state index contributed by atoms with van der Waals surface area (Å²) in [6, 6.07) is 6.10. The lowest BCUT2D eigenvalue weighted by Crippen LogP contribution is -2.31. The number of benzene rings is 1. The zero-order chi connectivity index (χ0) is 18.0. The van der Waals surface area contributed by atoms with Crippen LogP contribution in [0.4, 0.5) is 4.39 Å². The van der Waals surface area contributed by atoms with Crippen molar-refractivity contribution in [1.29, 1.82) is 0 Å². The molecule has 7 nitrogen and oxygen atoms in total. The smallest absolute Gasteiger partial charge is 0.338 e. The van der Waals surface area contributed by atoms with Gasteiger partial charge in [-0.05, 0) is 36.8 Å². The van der Waals surface area contributed by atoms with Crippen molar-refractivity contribution in [3.63, 3.8) is 0 Å². The normalized spacial score (nSPS) is 18.2. The Hall–Kier alpha value is -2.52. The van der Waals surface area contributed by atoms with Crippen LogP contribution in [0.3, 0.4) is 0 Å². The van der Waals surface area contributed by atoms with E-state index in [1.807, 2.05) is 0 Å². The fourth-order valence-corrected chi connectivity index (χ4v) is 4.11. The van der Waals surface area contributed by atoms with Gasteiger partial charge in [-0.3, -0.25) is 4.98 Å². The number of rotatable bonds is 5. The highest BCUT2D eigenvalue weighted by Gasteiger charge is 2.34. The number of aromatic nitrogens is 1. The van der Waals surface area contributed by atoms with Crippen LogP contribution in [0.1, 0.15) is 16.8 Å². The van der Waals surface area contributed by atoms with Gasteiger partial charge in [0, 0.05) is 18.9 Å². The lowest BCUT2D eigenvalue weighted by molar-refractivity contribution is 0.0691. The molecule has 0 amide bonds. The number of halogens is 1. The predicted molar refractivity (Wildman–Crippen MR) is 85.4 cm³/mol. The van der Waals surface area contributed by atoms with Crippen LogP contribution in [-0.4, -0.2) is 48.0 Å². The van der Waals surface area contributed by atoms with E-state index in [0.717, 1.165) is 18.2 Å². The van der Waals surface area contributed by atoms with Gasteiger partial charge in [-0.15, -0.1) is 0 Å². The molecule has 1 aromatic carbocycles. The van der Waals surface area contributed by atoms with E-state index in [1.54, 1.807) is 24.5 Å². The molecule has 1 aromatic heterocycles. The predicted octanol–water partition coefficient (Wildman–Crippen LogP) is 1.76. The van der Waals surface area contributed by atoms with Crippen molar-refractivity contribution in [2.24, 2.45) is 0 Å². The summed E-state index contributed by atoms with van der Waals surface area (Å²) in [7, 11) is -3.93. The Labute approximate surface area is 143 Å². The first-order chi connectivity index (χ1) is 11.9. The molecule has 0 saturated carbocycles. The van der Waals surface area contributed by atoms with E-state index in [-0.39, 0.29) is 24.1 Å². The summed E-state index contributed by atoms with van der Waals surface area (Å²) in [5, 5.41) is 8.95. The Balaban J connectivity index is 1.77. The van der Waals surface area contributed by atoms with Crippen molar-refractivity contribution in [2.75, 3.05) is 13.1 Å². The summed E-state index contributed by atoms with van der Waals surface area (Å²) in [6.07, 6.45) is 3.32. The van der Waals surface area contributed by atoms with Gasteiger partial charge in [0.15, 0.2) is 0 Å². The van der Waals surface area contributed by atoms with Crippen molar-refractivity contribution in [1.82, 2.24) is 9.29 Å². The number of carboxylic acids is 1. The third-order valence-corrected chi connectivity index (χ3v) is 5.73. The van der Waals surface area contributed by atoms with E-state index < -0.39 is 27.4 Å². The van der Waals surface area contributed by atoms with Crippen LogP contribution in [0.2, 0.25) is 0 Å². The molecule has 1 saturated heterocycles. The van der Waals surface area contributed by atoms with Gasteiger partial charge in [0.1, 0.15) is 17.7 Å². The number of sulfonamides is 1. The van der Waals surface area contributed by atoms with Crippen LogP contribution in [0.15, 0.2) is 47.6 Å². The molecule has 0 radical (unpaired) electrons. The van der Waals surface area contributed by atoms with Crippen molar-refractivity contribution in [2.45, 2.75) is 17.4 Å². The number of nitrogens with zero attached hydrogens (tertiary/aromatic N) is 2. The molecule has 0 bridgehead atoms. The van der Waals surface area contributed by atoms with Crippen LogP contribution >= 0.6 is 0 Å². The molecule has 2 heterocycles. The molecule has 1 fully saturated rings. The van der Waals surface area contributed by atoms with E-state index in [4.69, 9.17) is 9.84 Å². The first kappa shape index (κ1) is 17.3. The standard InChI is InChI=1S/C16H15FN2O5S/c17-15-2-1-13(9-14(15)16(20)21)25(22,23)19-8-5-12(10-19)24-11-3-6-18-7-4-11/h1-4,6-7,9,12H,5,8,10H2,(H,20,21)/t12-/m1/s1. The Kier molecular flexibility index (Phi) is 4.69. The highest BCUT2D eigenvalue weighted by molar-refractivity contribution is 7.89. The Bertz CT molecular complexity index is 889. The number of ether oxygens (including phenoxy) is 1. The molecule has 1 aliphatic heterocycles. The summed E-state index contributed by atoms with van der Waals surface area (Å²) in [4.78, 5) is 14.6. The Morgan fingerprint density at radius 1 is 1.28 bits per heavy atom. The maximum absolute atomic E-state index is 13.5. The third-order valence-electron chi connectivity index (χ3n) is 3.87. The summed E-state index contributed by atoms with van der Waals surface area (Å²) in [5.41, 5.74) is -0.676. The first-order valence-electron chi connectivity index (χ1n) is 7.47. The van der Waals surface area contributed by atoms with Crippen molar-refractivity contribution < 1.29 is 27.4 Å². The van der Waals surface area contributed by atoms with Gasteiger partial charge >= 0.3 is 5.97 Å². The zero-order valence-electron chi connectivity index (χ0n) is 13.0. The molecule has 0 unspecified atom stereocenters. The fraction of sp³-hybridized carbons (Fsp3) is 0.250. The Morgan fingerprint density at radius 2 is 2.00 bits per heavy atom. The van der Waals surface area contributed by atoms with E-state index >= 15 is 0 Å². The minimum absolute atomic E-state index is 0.129. The van der Waals surface area contributed by atoms with Gasteiger partial charge in [0.05, 0.1) is 17.0 Å². The number of carbonyl (C=O) groups is 1. The molecule has 3 rings (SSSR count). The fourth-order valence-electron chi connectivity index (χ4n) is 2.60. The van der Waals surface area contributed by atoms with Gasteiger partial charge < -0.3 is 9.84 Å². The van der Waals surface area contributed by atoms with Gasteiger partial charge in [-0.1, -0.05) is 0 Å². The second kappa shape index (κ2) is 6.77. The van der Waals surface area contributed by atoms with Crippen LogP contribution in [0, 0.1) is 5.82 Å². The summed E-state index contributed by atoms with van der Waals surface area (Å²) < 4.78 is 45.7. The average Bonchev–Trinajstić information content (AvgIpc) is 3.05. The van der Waals surface area contributed by atoms with E-state index in [0.29, 0.717) is 12.2 Å². The molecule has 132 valence electrons. The van der Waals surface area contributed by atoms with Crippen LogP contribution in [-0.2, 0) is 10.0 Å². The molecule has 2 aromatic rings. The maximum atomic E-state index is 13.5. The van der Waals surface area contributed by atoms with Gasteiger partial charge in [0.25, 0.3) is 0 Å². The lowest BCUT2D eigenvalue weighted by atomic mass is 10.2. The second-order valence-electron chi connectivity index (χ2n) is 5.52. The highest BCUT2D eigenvalue weighted by Crippen LogP contribution is 2.25. The largest absolute Gasteiger partial charge is 0.489 e.